The molecular formula is C15H11BrN2O. The molecule has 0 amide bonds. The molecule has 0 N–H and O–H groups in total. The zero-order chi connectivity index (χ0) is 13.2. The Morgan fingerprint density at radius 3 is 2.53 bits per heavy atom. The number of nitrogens with zero attached hydrogens (tertiary/aromatic N) is 2. The van der Waals surface area contributed by atoms with E-state index in [1.807, 2.05) is 37.3 Å². The van der Waals surface area contributed by atoms with E-state index in [1.54, 1.807) is 6.07 Å². The average Bonchev–Trinajstić information content (AvgIpc) is 2.37. The second kappa shape index (κ2) is 4.97. The maximum Gasteiger partial charge on any atom is 0.223 e. The third-order valence-corrected chi connectivity index (χ3v) is 3.13. The van der Waals surface area contributed by atoms with Crippen molar-refractivity contribution in [1.29, 1.82) is 0 Å². The van der Waals surface area contributed by atoms with Crippen LogP contribution in [0, 0.1) is 6.92 Å². The number of rotatable bonds is 2. The predicted octanol–water partition coefficient (Wildman–Crippen LogP) is 4.49. The third-order valence-electron chi connectivity index (χ3n) is 2.73. The van der Waals surface area contributed by atoms with Crippen molar-refractivity contribution in [3.8, 4) is 11.6 Å². The Hall–Kier alpha value is -1.94. The molecule has 19 heavy (non-hydrogen) atoms. The average molecular weight is 315 g/mol. The molecule has 0 fully saturated rings. The molecule has 94 valence electrons. The summed E-state index contributed by atoms with van der Waals surface area (Å²) in [6.45, 7) is 1.83. The van der Waals surface area contributed by atoms with Gasteiger partial charge in [0.1, 0.15) is 16.2 Å². The monoisotopic (exact) mass is 314 g/mol. The van der Waals surface area contributed by atoms with Gasteiger partial charge in [-0.15, -0.1) is 0 Å². The zero-order valence-corrected chi connectivity index (χ0v) is 11.9. The Labute approximate surface area is 119 Å². The van der Waals surface area contributed by atoms with E-state index in [1.165, 1.54) is 5.39 Å². The number of ether oxygens (including phenoxy) is 1. The van der Waals surface area contributed by atoms with Crippen molar-refractivity contribution in [3.05, 3.63) is 59.0 Å². The molecule has 0 unspecified atom stereocenters. The number of aryl methyl sites for hydroxylation is 1. The minimum Gasteiger partial charge on any atom is -0.439 e. The number of fused-ring (bicyclic) bond motifs is 1. The first-order valence-electron chi connectivity index (χ1n) is 5.88. The highest BCUT2D eigenvalue weighted by Gasteiger charge is 2.03. The fourth-order valence-corrected chi connectivity index (χ4v) is 2.36. The lowest BCUT2D eigenvalue weighted by Crippen LogP contribution is -1.93. The number of hydrogen-bond donors (Lipinski definition) is 0. The topological polar surface area (TPSA) is 35.0 Å². The predicted molar refractivity (Wildman–Crippen MR) is 78.5 cm³/mol. The van der Waals surface area contributed by atoms with Crippen LogP contribution in [0.25, 0.3) is 10.8 Å². The fraction of sp³-hybridized carbons (Fsp3) is 0.0667. The Balaban J connectivity index is 1.96. The SMILES string of the molecule is Cc1nc(Br)cc(Oc2ccc3ccccc3c2)n1. The van der Waals surface area contributed by atoms with Crippen LogP contribution < -0.4 is 4.74 Å². The van der Waals surface area contributed by atoms with Gasteiger partial charge in [0.05, 0.1) is 0 Å². The molecule has 1 aromatic heterocycles. The van der Waals surface area contributed by atoms with Crippen molar-refractivity contribution in [1.82, 2.24) is 9.97 Å². The molecule has 0 atom stereocenters. The Kier molecular flexibility index (Phi) is 3.17. The van der Waals surface area contributed by atoms with E-state index < -0.39 is 0 Å². The van der Waals surface area contributed by atoms with Crippen LogP contribution in [0.15, 0.2) is 53.1 Å². The van der Waals surface area contributed by atoms with Gasteiger partial charge in [-0.2, -0.15) is 4.98 Å². The molecule has 0 aliphatic heterocycles. The van der Waals surface area contributed by atoms with Crippen LogP contribution in [0.4, 0.5) is 0 Å². The molecule has 0 spiro atoms. The number of aromatic nitrogens is 2. The highest BCUT2D eigenvalue weighted by Crippen LogP contribution is 2.25. The summed E-state index contributed by atoms with van der Waals surface area (Å²) in [5.74, 6) is 1.98. The first kappa shape index (κ1) is 12.1. The summed E-state index contributed by atoms with van der Waals surface area (Å²) < 4.78 is 6.49. The van der Waals surface area contributed by atoms with Crippen LogP contribution in [0.1, 0.15) is 5.82 Å². The molecule has 3 nitrogen and oxygen atoms in total. The van der Waals surface area contributed by atoms with Gasteiger partial charge >= 0.3 is 0 Å². The van der Waals surface area contributed by atoms with E-state index in [-0.39, 0.29) is 0 Å². The van der Waals surface area contributed by atoms with Crippen LogP contribution in [0.3, 0.4) is 0 Å². The van der Waals surface area contributed by atoms with Crippen LogP contribution in [0.5, 0.6) is 11.6 Å². The second-order valence-corrected chi connectivity index (χ2v) is 5.00. The van der Waals surface area contributed by atoms with E-state index in [9.17, 15) is 0 Å². The van der Waals surface area contributed by atoms with E-state index in [2.05, 4.69) is 38.0 Å². The summed E-state index contributed by atoms with van der Waals surface area (Å²) in [5, 5.41) is 2.33. The molecule has 0 radical (unpaired) electrons. The van der Waals surface area contributed by atoms with Gasteiger partial charge in [-0.3, -0.25) is 0 Å². The molecule has 3 rings (SSSR count). The molecule has 0 saturated carbocycles. The normalized spacial score (nSPS) is 10.6. The van der Waals surface area contributed by atoms with Crippen molar-refractivity contribution >= 4 is 26.7 Å². The largest absolute Gasteiger partial charge is 0.439 e. The lowest BCUT2D eigenvalue weighted by Gasteiger charge is -2.07. The summed E-state index contributed by atoms with van der Waals surface area (Å²) in [4.78, 5) is 8.40. The summed E-state index contributed by atoms with van der Waals surface area (Å²) in [6.07, 6.45) is 0. The minimum absolute atomic E-state index is 0.537. The van der Waals surface area contributed by atoms with E-state index in [0.717, 1.165) is 15.7 Å². The van der Waals surface area contributed by atoms with Crippen molar-refractivity contribution in [2.45, 2.75) is 6.92 Å². The van der Waals surface area contributed by atoms with E-state index >= 15 is 0 Å². The van der Waals surface area contributed by atoms with Crippen LogP contribution in [-0.2, 0) is 0 Å². The van der Waals surface area contributed by atoms with Gasteiger partial charge in [0.25, 0.3) is 0 Å². The quantitative estimate of drug-likeness (QED) is 0.653. The lowest BCUT2D eigenvalue weighted by molar-refractivity contribution is 0.460. The van der Waals surface area contributed by atoms with Gasteiger partial charge in [0.2, 0.25) is 5.88 Å². The Morgan fingerprint density at radius 1 is 0.947 bits per heavy atom. The number of halogens is 1. The van der Waals surface area contributed by atoms with Crippen molar-refractivity contribution in [2.24, 2.45) is 0 Å². The van der Waals surface area contributed by atoms with Gasteiger partial charge in [-0.25, -0.2) is 4.98 Å². The first-order valence-corrected chi connectivity index (χ1v) is 6.68. The summed E-state index contributed by atoms with van der Waals surface area (Å²) in [5.41, 5.74) is 0. The molecule has 0 bridgehead atoms. The van der Waals surface area contributed by atoms with Crippen molar-refractivity contribution < 1.29 is 4.74 Å². The van der Waals surface area contributed by atoms with Crippen LogP contribution in [-0.4, -0.2) is 9.97 Å². The van der Waals surface area contributed by atoms with E-state index in [0.29, 0.717) is 11.7 Å². The molecule has 0 saturated heterocycles. The van der Waals surface area contributed by atoms with Gasteiger partial charge in [-0.05, 0) is 45.8 Å². The molecular weight excluding hydrogens is 304 g/mol. The van der Waals surface area contributed by atoms with E-state index in [4.69, 9.17) is 4.74 Å². The number of hydrogen-bond acceptors (Lipinski definition) is 3. The molecule has 2 aromatic carbocycles. The molecule has 0 aliphatic rings. The maximum absolute atomic E-state index is 5.77. The minimum atomic E-state index is 0.537. The lowest BCUT2D eigenvalue weighted by atomic mass is 10.1. The van der Waals surface area contributed by atoms with Crippen molar-refractivity contribution in [2.75, 3.05) is 0 Å². The molecule has 1 heterocycles. The fourth-order valence-electron chi connectivity index (χ4n) is 1.91. The smallest absolute Gasteiger partial charge is 0.223 e. The first-order chi connectivity index (χ1) is 9.20. The highest BCUT2D eigenvalue weighted by molar-refractivity contribution is 9.10. The maximum atomic E-state index is 5.77. The third kappa shape index (κ3) is 2.74. The Morgan fingerprint density at radius 2 is 1.74 bits per heavy atom. The molecule has 0 aliphatic carbocycles. The van der Waals surface area contributed by atoms with Gasteiger partial charge in [0.15, 0.2) is 0 Å². The van der Waals surface area contributed by atoms with Crippen LogP contribution >= 0.6 is 15.9 Å². The van der Waals surface area contributed by atoms with Gasteiger partial charge in [-0.1, -0.05) is 30.3 Å². The highest BCUT2D eigenvalue weighted by atomic mass is 79.9. The number of benzene rings is 2. The Bertz CT molecular complexity index is 723. The standard InChI is InChI=1S/C15H11BrN2O/c1-10-17-14(16)9-15(18-10)19-13-7-6-11-4-2-3-5-12(11)8-13/h2-9H,1H3. The summed E-state index contributed by atoms with van der Waals surface area (Å²) >= 11 is 3.33. The summed E-state index contributed by atoms with van der Waals surface area (Å²) in [6, 6.07) is 15.9. The summed E-state index contributed by atoms with van der Waals surface area (Å²) in [7, 11) is 0. The molecule has 4 heteroatoms. The van der Waals surface area contributed by atoms with Gasteiger partial charge in [0, 0.05) is 6.07 Å². The van der Waals surface area contributed by atoms with Gasteiger partial charge < -0.3 is 4.74 Å². The molecule has 3 aromatic rings. The second-order valence-electron chi connectivity index (χ2n) is 4.19. The van der Waals surface area contributed by atoms with Crippen molar-refractivity contribution in [3.63, 3.8) is 0 Å². The van der Waals surface area contributed by atoms with Crippen LogP contribution in [0.2, 0.25) is 0 Å². The zero-order valence-electron chi connectivity index (χ0n) is 10.3.